The van der Waals surface area contributed by atoms with E-state index in [4.69, 9.17) is 11.6 Å². The second-order valence-corrected chi connectivity index (χ2v) is 7.79. The van der Waals surface area contributed by atoms with Gasteiger partial charge in [0.25, 0.3) is 0 Å². The molecule has 0 saturated carbocycles. The van der Waals surface area contributed by atoms with Gasteiger partial charge in [0, 0.05) is 42.4 Å². The second kappa shape index (κ2) is 8.20. The second-order valence-electron chi connectivity index (χ2n) is 7.35. The summed E-state index contributed by atoms with van der Waals surface area (Å²) in [6.45, 7) is 2.14. The monoisotopic (exact) mass is 398 g/mol. The molecular formula is C21H23ClN4O2. The highest BCUT2D eigenvalue weighted by Crippen LogP contribution is 2.24. The minimum atomic E-state index is -0.278. The minimum Gasteiger partial charge on any atom is -0.337 e. The summed E-state index contributed by atoms with van der Waals surface area (Å²) in [6.07, 6.45) is 1.46. The van der Waals surface area contributed by atoms with Gasteiger partial charge in [-0.05, 0) is 41.8 Å². The van der Waals surface area contributed by atoms with Gasteiger partial charge in [-0.25, -0.2) is 4.79 Å². The maximum absolute atomic E-state index is 12.5. The number of piperazine rings is 1. The summed E-state index contributed by atoms with van der Waals surface area (Å²) in [5.41, 5.74) is 2.61. The van der Waals surface area contributed by atoms with Gasteiger partial charge < -0.3 is 20.9 Å². The first-order valence-electron chi connectivity index (χ1n) is 9.48. The van der Waals surface area contributed by atoms with Gasteiger partial charge in [-0.3, -0.25) is 4.79 Å². The number of urea groups is 1. The van der Waals surface area contributed by atoms with Crippen molar-refractivity contribution in [2.45, 2.75) is 31.5 Å². The first-order chi connectivity index (χ1) is 13.6. The number of halogens is 1. The average molecular weight is 399 g/mol. The molecule has 28 heavy (non-hydrogen) atoms. The van der Waals surface area contributed by atoms with Crippen molar-refractivity contribution < 1.29 is 9.59 Å². The zero-order chi connectivity index (χ0) is 19.5. The molecule has 2 saturated heterocycles. The Labute approximate surface area is 169 Å². The Morgan fingerprint density at radius 1 is 1.07 bits per heavy atom. The predicted octanol–water partition coefficient (Wildman–Crippen LogP) is 2.78. The van der Waals surface area contributed by atoms with Crippen molar-refractivity contribution in [3.05, 3.63) is 64.7 Å². The van der Waals surface area contributed by atoms with Crippen LogP contribution in [-0.4, -0.2) is 42.0 Å². The Balaban J connectivity index is 1.25. The van der Waals surface area contributed by atoms with Crippen molar-refractivity contribution in [1.82, 2.24) is 15.5 Å². The minimum absolute atomic E-state index is 0.176. The number of fused-ring (bicyclic) bond motifs is 2. The number of amides is 3. The van der Waals surface area contributed by atoms with Crippen LogP contribution in [0.3, 0.4) is 0 Å². The fourth-order valence-corrected chi connectivity index (χ4v) is 3.93. The Hall–Kier alpha value is -2.57. The fourth-order valence-electron chi connectivity index (χ4n) is 3.81. The molecule has 0 radical (unpaired) electrons. The van der Waals surface area contributed by atoms with E-state index in [0.717, 1.165) is 30.6 Å². The molecule has 146 valence electrons. The largest absolute Gasteiger partial charge is 0.337 e. The number of hydrogen-bond donors (Lipinski definition) is 3. The molecule has 0 aromatic heterocycles. The lowest BCUT2D eigenvalue weighted by atomic mass is 10.1. The van der Waals surface area contributed by atoms with Crippen molar-refractivity contribution in [3.8, 4) is 0 Å². The first kappa shape index (κ1) is 18.8. The van der Waals surface area contributed by atoms with Gasteiger partial charge >= 0.3 is 6.03 Å². The molecular weight excluding hydrogens is 376 g/mol. The summed E-state index contributed by atoms with van der Waals surface area (Å²) < 4.78 is 0. The lowest BCUT2D eigenvalue weighted by Crippen LogP contribution is -2.47. The van der Waals surface area contributed by atoms with Crippen molar-refractivity contribution in [2.75, 3.05) is 18.4 Å². The van der Waals surface area contributed by atoms with E-state index in [9.17, 15) is 9.59 Å². The molecule has 2 aromatic rings. The average Bonchev–Trinajstić information content (AvgIpc) is 3.33. The van der Waals surface area contributed by atoms with Gasteiger partial charge in [0.2, 0.25) is 5.91 Å². The molecule has 7 heteroatoms. The van der Waals surface area contributed by atoms with Crippen molar-refractivity contribution in [1.29, 1.82) is 0 Å². The third-order valence-corrected chi connectivity index (χ3v) is 5.56. The van der Waals surface area contributed by atoms with Gasteiger partial charge in [0.05, 0.1) is 6.42 Å². The topological polar surface area (TPSA) is 73.5 Å². The zero-order valence-electron chi connectivity index (χ0n) is 15.5. The standard InChI is InChI=1S/C21H23ClN4O2/c22-16-5-1-15(2-6-16)11-24-21(28)25-17-7-3-14(4-8-17)9-20(27)26-13-18-10-19(26)12-23-18/h1-8,18-19,23H,9-13H2,(H2,24,25,28). The quantitative estimate of drug-likeness (QED) is 0.725. The molecule has 2 unspecified atom stereocenters. The number of likely N-dealkylation sites (tertiary alicyclic amines) is 1. The maximum atomic E-state index is 12.5. The van der Waals surface area contributed by atoms with Gasteiger partial charge in [0.1, 0.15) is 0 Å². The molecule has 2 aliphatic heterocycles. The summed E-state index contributed by atoms with van der Waals surface area (Å²) >= 11 is 5.85. The number of carbonyl (C=O) groups excluding carboxylic acids is 2. The van der Waals surface area contributed by atoms with E-state index in [1.54, 1.807) is 12.1 Å². The molecule has 4 rings (SSSR count). The Kier molecular flexibility index (Phi) is 5.50. The summed E-state index contributed by atoms with van der Waals surface area (Å²) in [5.74, 6) is 0.176. The van der Waals surface area contributed by atoms with Gasteiger partial charge in [0.15, 0.2) is 0 Å². The molecule has 3 N–H and O–H groups in total. The van der Waals surface area contributed by atoms with Crippen molar-refractivity contribution in [2.24, 2.45) is 0 Å². The molecule has 3 amide bonds. The first-order valence-corrected chi connectivity index (χ1v) is 9.86. The van der Waals surface area contributed by atoms with Crippen LogP contribution >= 0.6 is 11.6 Å². The molecule has 0 spiro atoms. The predicted molar refractivity (Wildman–Crippen MR) is 109 cm³/mol. The van der Waals surface area contributed by atoms with E-state index in [1.165, 1.54) is 0 Å². The summed E-state index contributed by atoms with van der Waals surface area (Å²) in [7, 11) is 0. The Morgan fingerprint density at radius 3 is 2.43 bits per heavy atom. The highest BCUT2D eigenvalue weighted by molar-refractivity contribution is 6.30. The van der Waals surface area contributed by atoms with Crippen molar-refractivity contribution in [3.63, 3.8) is 0 Å². The molecule has 2 fully saturated rings. The van der Waals surface area contributed by atoms with Crippen molar-refractivity contribution >= 4 is 29.2 Å². The molecule has 6 nitrogen and oxygen atoms in total. The van der Waals surface area contributed by atoms with E-state index in [-0.39, 0.29) is 11.9 Å². The lowest BCUT2D eigenvalue weighted by molar-refractivity contribution is -0.131. The number of rotatable bonds is 5. The lowest BCUT2D eigenvalue weighted by Gasteiger charge is -2.27. The smallest absolute Gasteiger partial charge is 0.319 e. The van der Waals surface area contributed by atoms with Crippen LogP contribution in [0.1, 0.15) is 17.5 Å². The normalized spacial score (nSPS) is 20.2. The van der Waals surface area contributed by atoms with Gasteiger partial charge in [-0.1, -0.05) is 35.9 Å². The van der Waals surface area contributed by atoms with Crippen LogP contribution in [0.5, 0.6) is 0 Å². The number of carbonyl (C=O) groups is 2. The third kappa shape index (κ3) is 4.46. The number of benzene rings is 2. The summed E-state index contributed by atoms with van der Waals surface area (Å²) in [5, 5.41) is 9.68. The van der Waals surface area contributed by atoms with Crippen LogP contribution in [0.15, 0.2) is 48.5 Å². The summed E-state index contributed by atoms with van der Waals surface area (Å²) in [4.78, 5) is 26.6. The molecule has 2 atom stereocenters. The van der Waals surface area contributed by atoms with Crippen LogP contribution in [0.25, 0.3) is 0 Å². The fraction of sp³-hybridized carbons (Fsp3) is 0.333. The third-order valence-electron chi connectivity index (χ3n) is 5.31. The molecule has 2 aliphatic rings. The Morgan fingerprint density at radius 2 is 1.79 bits per heavy atom. The molecule has 2 heterocycles. The van der Waals surface area contributed by atoms with Gasteiger partial charge in [-0.2, -0.15) is 0 Å². The maximum Gasteiger partial charge on any atom is 0.319 e. The molecule has 0 aliphatic carbocycles. The number of nitrogens with one attached hydrogen (secondary N) is 3. The Bertz CT molecular complexity index is 854. The molecule has 2 aromatic carbocycles. The molecule has 2 bridgehead atoms. The van der Waals surface area contributed by atoms with Crippen LogP contribution in [-0.2, 0) is 17.8 Å². The van der Waals surface area contributed by atoms with Crippen LogP contribution in [0.4, 0.5) is 10.5 Å². The van der Waals surface area contributed by atoms with Crippen LogP contribution in [0, 0.1) is 0 Å². The van der Waals surface area contributed by atoms with E-state index in [0.29, 0.717) is 35.8 Å². The number of nitrogens with zero attached hydrogens (tertiary/aromatic N) is 1. The van der Waals surface area contributed by atoms with E-state index >= 15 is 0 Å². The highest BCUT2D eigenvalue weighted by atomic mass is 35.5. The van der Waals surface area contributed by atoms with Crippen LogP contribution < -0.4 is 16.0 Å². The SMILES string of the molecule is O=C(NCc1ccc(Cl)cc1)Nc1ccc(CC(=O)N2CC3CC2CN3)cc1. The van der Waals surface area contributed by atoms with Crippen LogP contribution in [0.2, 0.25) is 5.02 Å². The number of anilines is 1. The van der Waals surface area contributed by atoms with E-state index < -0.39 is 0 Å². The number of hydrogen-bond acceptors (Lipinski definition) is 3. The highest BCUT2D eigenvalue weighted by Gasteiger charge is 2.39. The van der Waals surface area contributed by atoms with E-state index in [1.807, 2.05) is 41.3 Å². The van der Waals surface area contributed by atoms with Gasteiger partial charge in [-0.15, -0.1) is 0 Å². The van der Waals surface area contributed by atoms with E-state index in [2.05, 4.69) is 16.0 Å². The summed E-state index contributed by atoms with van der Waals surface area (Å²) in [6, 6.07) is 15.3. The zero-order valence-corrected chi connectivity index (χ0v) is 16.2.